The summed E-state index contributed by atoms with van der Waals surface area (Å²) in [7, 11) is 0. The van der Waals surface area contributed by atoms with Gasteiger partial charge in [0.2, 0.25) is 0 Å². The number of aryl methyl sites for hydroxylation is 1. The predicted molar refractivity (Wildman–Crippen MR) is 71.1 cm³/mol. The topological polar surface area (TPSA) is 60.8 Å². The zero-order valence-corrected chi connectivity index (χ0v) is 11.5. The molecule has 2 rings (SSSR count). The van der Waals surface area contributed by atoms with E-state index in [9.17, 15) is 9.90 Å². The zero-order chi connectivity index (χ0) is 13.3. The SMILES string of the molecule is Cc1sc(C(=O)O)cc1CN1CCC(O)C(C)C1. The summed E-state index contributed by atoms with van der Waals surface area (Å²) in [6, 6.07) is 1.78. The monoisotopic (exact) mass is 269 g/mol. The zero-order valence-electron chi connectivity index (χ0n) is 10.7. The highest BCUT2D eigenvalue weighted by molar-refractivity contribution is 7.14. The molecule has 2 atom stereocenters. The van der Waals surface area contributed by atoms with E-state index in [1.54, 1.807) is 6.07 Å². The number of rotatable bonds is 3. The number of piperidine rings is 1. The lowest BCUT2D eigenvalue weighted by Crippen LogP contribution is -2.41. The molecular formula is C13H19NO3S. The second kappa shape index (κ2) is 5.38. The number of thiophene rings is 1. The highest BCUT2D eigenvalue weighted by Gasteiger charge is 2.24. The predicted octanol–water partition coefficient (Wildman–Crippen LogP) is 1.96. The number of hydrogen-bond donors (Lipinski definition) is 2. The normalized spacial score (nSPS) is 25.3. The van der Waals surface area contributed by atoms with Crippen molar-refractivity contribution in [2.75, 3.05) is 13.1 Å². The maximum Gasteiger partial charge on any atom is 0.345 e. The van der Waals surface area contributed by atoms with E-state index in [4.69, 9.17) is 5.11 Å². The Bertz CT molecular complexity index is 443. The molecule has 1 aliphatic heterocycles. The third-order valence-electron chi connectivity index (χ3n) is 3.57. The first kappa shape index (κ1) is 13.5. The first-order valence-electron chi connectivity index (χ1n) is 6.20. The van der Waals surface area contributed by atoms with E-state index in [-0.39, 0.29) is 12.0 Å². The van der Waals surface area contributed by atoms with Crippen LogP contribution in [0.2, 0.25) is 0 Å². The van der Waals surface area contributed by atoms with Crippen molar-refractivity contribution in [3.05, 3.63) is 21.4 Å². The van der Waals surface area contributed by atoms with Crippen molar-refractivity contribution in [1.29, 1.82) is 0 Å². The standard InChI is InChI=1S/C13H19NO3S/c1-8-6-14(4-3-11(8)15)7-10-5-12(13(16)17)18-9(10)2/h5,8,11,15H,3-4,6-7H2,1-2H3,(H,16,17). The van der Waals surface area contributed by atoms with E-state index in [1.165, 1.54) is 11.3 Å². The Morgan fingerprint density at radius 3 is 2.89 bits per heavy atom. The number of aliphatic hydroxyl groups excluding tert-OH is 1. The first-order chi connectivity index (χ1) is 8.47. The Hall–Kier alpha value is -0.910. The summed E-state index contributed by atoms with van der Waals surface area (Å²) in [5, 5.41) is 18.7. The quantitative estimate of drug-likeness (QED) is 0.880. The van der Waals surface area contributed by atoms with Crippen LogP contribution in [0.1, 0.15) is 33.5 Å². The van der Waals surface area contributed by atoms with Crippen LogP contribution in [0, 0.1) is 12.8 Å². The van der Waals surface area contributed by atoms with Crippen LogP contribution in [0.3, 0.4) is 0 Å². The number of nitrogens with zero attached hydrogens (tertiary/aromatic N) is 1. The Kier molecular flexibility index (Phi) is 4.04. The first-order valence-corrected chi connectivity index (χ1v) is 7.02. The molecule has 1 aromatic heterocycles. The maximum absolute atomic E-state index is 10.9. The molecule has 0 bridgehead atoms. The summed E-state index contributed by atoms with van der Waals surface area (Å²) >= 11 is 1.34. The summed E-state index contributed by atoms with van der Waals surface area (Å²) in [5.74, 6) is -0.562. The van der Waals surface area contributed by atoms with Gasteiger partial charge < -0.3 is 10.2 Å². The van der Waals surface area contributed by atoms with Gasteiger partial charge in [0.25, 0.3) is 0 Å². The van der Waals surface area contributed by atoms with Gasteiger partial charge in [-0.15, -0.1) is 11.3 Å². The summed E-state index contributed by atoms with van der Waals surface area (Å²) in [6.45, 7) is 6.56. The summed E-state index contributed by atoms with van der Waals surface area (Å²) in [6.07, 6.45) is 0.607. The summed E-state index contributed by atoms with van der Waals surface area (Å²) in [4.78, 5) is 14.7. The van der Waals surface area contributed by atoms with Gasteiger partial charge in [-0.1, -0.05) is 6.92 Å². The Balaban J connectivity index is 2.03. The Labute approximate surface area is 111 Å². The van der Waals surface area contributed by atoms with Crippen molar-refractivity contribution in [1.82, 2.24) is 4.90 Å². The third kappa shape index (κ3) is 2.91. The lowest BCUT2D eigenvalue weighted by Gasteiger charge is -2.34. The molecule has 100 valence electrons. The minimum atomic E-state index is -0.850. The second-order valence-corrected chi connectivity index (χ2v) is 6.32. The molecule has 4 nitrogen and oxygen atoms in total. The maximum atomic E-state index is 10.9. The molecule has 0 amide bonds. The molecule has 18 heavy (non-hydrogen) atoms. The fourth-order valence-electron chi connectivity index (χ4n) is 2.39. The summed E-state index contributed by atoms with van der Waals surface area (Å²) < 4.78 is 0. The smallest absolute Gasteiger partial charge is 0.345 e. The molecule has 1 aliphatic rings. The molecule has 2 N–H and O–H groups in total. The molecule has 1 fully saturated rings. The van der Waals surface area contributed by atoms with Crippen LogP contribution < -0.4 is 0 Å². The van der Waals surface area contributed by atoms with Crippen LogP contribution in [0.25, 0.3) is 0 Å². The van der Waals surface area contributed by atoms with Crippen LogP contribution in [0.15, 0.2) is 6.07 Å². The number of hydrogen-bond acceptors (Lipinski definition) is 4. The molecule has 2 unspecified atom stereocenters. The van der Waals surface area contributed by atoms with Gasteiger partial charge in [0, 0.05) is 24.5 Å². The van der Waals surface area contributed by atoms with Gasteiger partial charge in [-0.25, -0.2) is 4.79 Å². The average Bonchev–Trinajstić information content (AvgIpc) is 2.66. The highest BCUT2D eigenvalue weighted by Crippen LogP contribution is 2.25. The Morgan fingerprint density at radius 2 is 2.33 bits per heavy atom. The van der Waals surface area contributed by atoms with Crippen molar-refractivity contribution in [2.45, 2.75) is 32.9 Å². The van der Waals surface area contributed by atoms with E-state index in [2.05, 4.69) is 11.8 Å². The molecule has 0 aliphatic carbocycles. The lowest BCUT2D eigenvalue weighted by atomic mass is 9.96. The molecule has 0 radical (unpaired) electrons. The van der Waals surface area contributed by atoms with Gasteiger partial charge in [0.1, 0.15) is 4.88 Å². The van der Waals surface area contributed by atoms with Crippen molar-refractivity contribution in [2.24, 2.45) is 5.92 Å². The minimum absolute atomic E-state index is 0.195. The molecule has 5 heteroatoms. The van der Waals surface area contributed by atoms with Gasteiger partial charge >= 0.3 is 5.97 Å². The Morgan fingerprint density at radius 1 is 1.61 bits per heavy atom. The van der Waals surface area contributed by atoms with Crippen LogP contribution in [-0.4, -0.2) is 40.3 Å². The molecule has 1 saturated heterocycles. The number of carbonyl (C=O) groups is 1. The largest absolute Gasteiger partial charge is 0.477 e. The second-order valence-electron chi connectivity index (χ2n) is 5.07. The van der Waals surface area contributed by atoms with E-state index in [0.717, 1.165) is 36.5 Å². The molecule has 0 saturated carbocycles. The molecular weight excluding hydrogens is 250 g/mol. The van der Waals surface area contributed by atoms with E-state index in [1.807, 2.05) is 6.92 Å². The van der Waals surface area contributed by atoms with Crippen molar-refractivity contribution in [3.63, 3.8) is 0 Å². The number of carboxylic acid groups (broad SMARTS) is 1. The van der Waals surface area contributed by atoms with Gasteiger partial charge in [-0.05, 0) is 30.9 Å². The van der Waals surface area contributed by atoms with E-state index >= 15 is 0 Å². The van der Waals surface area contributed by atoms with Crippen LogP contribution in [-0.2, 0) is 6.54 Å². The van der Waals surface area contributed by atoms with Crippen molar-refractivity contribution < 1.29 is 15.0 Å². The number of aromatic carboxylic acids is 1. The third-order valence-corrected chi connectivity index (χ3v) is 4.65. The fourth-order valence-corrected chi connectivity index (χ4v) is 3.26. The lowest BCUT2D eigenvalue weighted by molar-refractivity contribution is 0.0320. The fraction of sp³-hybridized carbons (Fsp3) is 0.615. The average molecular weight is 269 g/mol. The molecule has 2 heterocycles. The number of aliphatic hydroxyl groups is 1. The van der Waals surface area contributed by atoms with Crippen molar-refractivity contribution >= 4 is 17.3 Å². The van der Waals surface area contributed by atoms with Crippen molar-refractivity contribution in [3.8, 4) is 0 Å². The van der Waals surface area contributed by atoms with Gasteiger partial charge in [-0.3, -0.25) is 4.90 Å². The molecule has 0 spiro atoms. The van der Waals surface area contributed by atoms with Crippen LogP contribution >= 0.6 is 11.3 Å². The summed E-state index contributed by atoms with van der Waals surface area (Å²) in [5.41, 5.74) is 1.10. The van der Waals surface area contributed by atoms with Crippen LogP contribution in [0.5, 0.6) is 0 Å². The highest BCUT2D eigenvalue weighted by atomic mass is 32.1. The van der Waals surface area contributed by atoms with Gasteiger partial charge in [-0.2, -0.15) is 0 Å². The number of carboxylic acids is 1. The minimum Gasteiger partial charge on any atom is -0.477 e. The number of likely N-dealkylation sites (tertiary alicyclic amines) is 1. The molecule has 0 aromatic carbocycles. The van der Waals surface area contributed by atoms with Crippen LogP contribution in [0.4, 0.5) is 0 Å². The van der Waals surface area contributed by atoms with E-state index < -0.39 is 5.97 Å². The van der Waals surface area contributed by atoms with Gasteiger partial charge in [0.05, 0.1) is 6.10 Å². The van der Waals surface area contributed by atoms with Gasteiger partial charge in [0.15, 0.2) is 0 Å². The van der Waals surface area contributed by atoms with E-state index in [0.29, 0.717) is 4.88 Å². The molecule has 1 aromatic rings.